The van der Waals surface area contributed by atoms with Gasteiger partial charge in [-0.2, -0.15) is 26.3 Å². The molecule has 0 unspecified atom stereocenters. The van der Waals surface area contributed by atoms with Crippen LogP contribution in [-0.4, -0.2) is 29.0 Å². The van der Waals surface area contributed by atoms with Gasteiger partial charge in [0.2, 0.25) is 5.91 Å². The molecule has 0 saturated carbocycles. The highest BCUT2D eigenvalue weighted by atomic mass is 19.4. The molecule has 0 spiro atoms. The van der Waals surface area contributed by atoms with Gasteiger partial charge >= 0.3 is 24.3 Å². The number of carbonyl (C=O) groups excluding carboxylic acids is 2. The van der Waals surface area contributed by atoms with Crippen LogP contribution >= 0.6 is 0 Å². The van der Waals surface area contributed by atoms with Crippen LogP contribution < -0.4 is 5.32 Å². The molecule has 0 heterocycles. The minimum Gasteiger partial charge on any atom is -0.480 e. The smallest absolute Gasteiger partial charge is 0.416 e. The Hall–Kier alpha value is -3.57. The van der Waals surface area contributed by atoms with Crippen LogP contribution in [0.2, 0.25) is 0 Å². The fraction of sp³-hybridized carbons (Fsp3) is 0.286. The number of carboxylic acids is 1. The number of ether oxygens (including phenoxy) is 1. The molecule has 2 aromatic carbocycles. The molecule has 0 bridgehead atoms. The molecule has 0 aliphatic carbocycles. The van der Waals surface area contributed by atoms with Gasteiger partial charge in [0.25, 0.3) is 0 Å². The fourth-order valence-electron chi connectivity index (χ4n) is 2.72. The summed E-state index contributed by atoms with van der Waals surface area (Å²) in [5.41, 5.74) is -3.24. The van der Waals surface area contributed by atoms with E-state index in [4.69, 9.17) is 4.74 Å². The first kappa shape index (κ1) is 25.7. The molecule has 0 fully saturated rings. The molecule has 6 nitrogen and oxygen atoms in total. The van der Waals surface area contributed by atoms with E-state index in [9.17, 15) is 45.8 Å². The molecule has 0 aliphatic heterocycles. The average molecular weight is 477 g/mol. The molecule has 0 saturated heterocycles. The molecular weight excluding hydrogens is 460 g/mol. The van der Waals surface area contributed by atoms with Crippen molar-refractivity contribution in [2.75, 3.05) is 0 Å². The highest BCUT2D eigenvalue weighted by molar-refractivity contribution is 5.88. The summed E-state index contributed by atoms with van der Waals surface area (Å²) >= 11 is 0. The molecule has 2 aromatic rings. The van der Waals surface area contributed by atoms with Crippen molar-refractivity contribution in [3.8, 4) is 0 Å². The second kappa shape index (κ2) is 10.4. The number of alkyl halides is 6. The first-order valence-corrected chi connectivity index (χ1v) is 9.26. The average Bonchev–Trinajstić information content (AvgIpc) is 2.71. The van der Waals surface area contributed by atoms with Crippen LogP contribution in [0.1, 0.15) is 28.7 Å². The summed E-state index contributed by atoms with van der Waals surface area (Å²) in [4.78, 5) is 35.4. The third-order valence-corrected chi connectivity index (χ3v) is 4.26. The van der Waals surface area contributed by atoms with Gasteiger partial charge in [-0.05, 0) is 29.3 Å². The van der Waals surface area contributed by atoms with E-state index in [0.29, 0.717) is 17.7 Å². The number of aliphatic carboxylic acids is 1. The van der Waals surface area contributed by atoms with Crippen molar-refractivity contribution in [1.82, 2.24) is 5.32 Å². The van der Waals surface area contributed by atoms with Gasteiger partial charge in [-0.15, -0.1) is 0 Å². The number of hydrogen-bond donors (Lipinski definition) is 2. The molecule has 1 atom stereocenters. The maximum absolute atomic E-state index is 12.9. The predicted octanol–water partition coefficient (Wildman–Crippen LogP) is 3.97. The van der Waals surface area contributed by atoms with E-state index in [2.05, 4.69) is 0 Å². The SMILES string of the molecule is O=C(Cc1cc(C(F)(F)F)cc(C(F)(F)F)c1)N[C@@H](CC(=O)OCc1ccccc1)C(=O)O. The molecule has 1 amide bonds. The van der Waals surface area contributed by atoms with Crippen molar-refractivity contribution in [1.29, 1.82) is 0 Å². The van der Waals surface area contributed by atoms with Crippen molar-refractivity contribution in [2.24, 2.45) is 0 Å². The predicted molar refractivity (Wildman–Crippen MR) is 101 cm³/mol. The molecule has 0 aromatic heterocycles. The van der Waals surface area contributed by atoms with Gasteiger partial charge in [0.15, 0.2) is 0 Å². The lowest BCUT2D eigenvalue weighted by Crippen LogP contribution is -2.43. The van der Waals surface area contributed by atoms with Crippen LogP contribution in [-0.2, 0) is 44.5 Å². The topological polar surface area (TPSA) is 92.7 Å². The van der Waals surface area contributed by atoms with Crippen LogP contribution in [0.3, 0.4) is 0 Å². The number of nitrogens with one attached hydrogen (secondary N) is 1. The highest BCUT2D eigenvalue weighted by Gasteiger charge is 2.37. The zero-order valence-electron chi connectivity index (χ0n) is 16.7. The zero-order chi connectivity index (χ0) is 24.8. The Balaban J connectivity index is 2.07. The van der Waals surface area contributed by atoms with E-state index in [-0.39, 0.29) is 12.7 Å². The lowest BCUT2D eigenvalue weighted by Gasteiger charge is -2.16. The van der Waals surface area contributed by atoms with Crippen LogP contribution in [0.4, 0.5) is 26.3 Å². The number of hydrogen-bond acceptors (Lipinski definition) is 4. The molecule has 0 radical (unpaired) electrons. The maximum atomic E-state index is 12.9. The molecule has 178 valence electrons. The van der Waals surface area contributed by atoms with Crippen molar-refractivity contribution in [3.63, 3.8) is 0 Å². The van der Waals surface area contributed by atoms with Crippen molar-refractivity contribution in [2.45, 2.75) is 37.8 Å². The number of halogens is 6. The minimum absolute atomic E-state index is 0.0931. The Kier molecular flexibility index (Phi) is 8.07. The summed E-state index contributed by atoms with van der Waals surface area (Å²) in [5, 5.41) is 11.1. The van der Waals surface area contributed by atoms with E-state index in [1.807, 2.05) is 5.32 Å². The fourth-order valence-corrected chi connectivity index (χ4v) is 2.72. The normalized spacial score (nSPS) is 12.7. The summed E-state index contributed by atoms with van der Waals surface area (Å²) in [6.07, 6.45) is -12.0. The number of esters is 1. The molecule has 0 aliphatic rings. The van der Waals surface area contributed by atoms with Gasteiger partial charge < -0.3 is 15.2 Å². The second-order valence-electron chi connectivity index (χ2n) is 6.90. The Labute approximate surface area is 183 Å². The quantitative estimate of drug-likeness (QED) is 0.444. The Morgan fingerprint density at radius 1 is 0.879 bits per heavy atom. The summed E-state index contributed by atoms with van der Waals surface area (Å²) in [6, 6.07) is 7.21. The van der Waals surface area contributed by atoms with Crippen LogP contribution in [0.5, 0.6) is 0 Å². The van der Waals surface area contributed by atoms with Gasteiger partial charge in [0.05, 0.1) is 24.0 Å². The Bertz CT molecular complexity index is 972. The first-order chi connectivity index (χ1) is 15.3. The van der Waals surface area contributed by atoms with Gasteiger partial charge in [-0.25, -0.2) is 4.79 Å². The van der Waals surface area contributed by atoms with Gasteiger partial charge in [-0.3, -0.25) is 9.59 Å². The maximum Gasteiger partial charge on any atom is 0.416 e. The largest absolute Gasteiger partial charge is 0.480 e. The van der Waals surface area contributed by atoms with E-state index in [1.54, 1.807) is 30.3 Å². The molecule has 12 heteroatoms. The lowest BCUT2D eigenvalue weighted by molar-refractivity contribution is -0.151. The standard InChI is InChI=1S/C21H17F6NO5/c22-20(23,24)14-6-13(7-15(9-14)21(25,26)27)8-17(29)28-16(19(31)32)10-18(30)33-11-12-4-2-1-3-5-12/h1-7,9,16H,8,10-11H2,(H,28,29)(H,31,32)/t16-/m0/s1. The van der Waals surface area contributed by atoms with Gasteiger partial charge in [-0.1, -0.05) is 30.3 Å². The van der Waals surface area contributed by atoms with Gasteiger partial charge in [0.1, 0.15) is 12.6 Å². The Morgan fingerprint density at radius 3 is 1.91 bits per heavy atom. The minimum atomic E-state index is -5.10. The molecular formula is C21H17F6NO5. The summed E-state index contributed by atoms with van der Waals surface area (Å²) in [7, 11) is 0. The number of benzene rings is 2. The van der Waals surface area contributed by atoms with Crippen LogP contribution in [0.25, 0.3) is 0 Å². The summed E-state index contributed by atoms with van der Waals surface area (Å²) < 4.78 is 82.5. The van der Waals surface area contributed by atoms with E-state index in [0.717, 1.165) is 0 Å². The second-order valence-corrected chi connectivity index (χ2v) is 6.90. The molecule has 2 rings (SSSR count). The number of carboxylic acid groups (broad SMARTS) is 1. The summed E-state index contributed by atoms with van der Waals surface area (Å²) in [6.45, 7) is -0.162. The molecule has 2 N–H and O–H groups in total. The number of rotatable bonds is 8. The Morgan fingerprint density at radius 2 is 1.42 bits per heavy atom. The highest BCUT2D eigenvalue weighted by Crippen LogP contribution is 2.36. The van der Waals surface area contributed by atoms with Crippen molar-refractivity contribution >= 4 is 17.8 Å². The van der Waals surface area contributed by atoms with Crippen molar-refractivity contribution < 1.29 is 50.6 Å². The van der Waals surface area contributed by atoms with Crippen molar-refractivity contribution in [3.05, 3.63) is 70.8 Å². The van der Waals surface area contributed by atoms with E-state index < -0.39 is 65.8 Å². The molecule has 33 heavy (non-hydrogen) atoms. The third kappa shape index (κ3) is 8.13. The monoisotopic (exact) mass is 477 g/mol. The summed E-state index contributed by atoms with van der Waals surface area (Å²) in [5.74, 6) is -3.81. The van der Waals surface area contributed by atoms with Crippen LogP contribution in [0, 0.1) is 0 Å². The van der Waals surface area contributed by atoms with E-state index >= 15 is 0 Å². The lowest BCUT2D eigenvalue weighted by atomic mass is 10.0. The zero-order valence-corrected chi connectivity index (χ0v) is 16.7. The number of carbonyl (C=O) groups is 3. The number of amides is 1. The van der Waals surface area contributed by atoms with Gasteiger partial charge in [0, 0.05) is 0 Å². The van der Waals surface area contributed by atoms with E-state index in [1.165, 1.54) is 0 Å². The van der Waals surface area contributed by atoms with Crippen LogP contribution in [0.15, 0.2) is 48.5 Å². The third-order valence-electron chi connectivity index (χ3n) is 4.26. The first-order valence-electron chi connectivity index (χ1n) is 9.26.